The van der Waals surface area contributed by atoms with Gasteiger partial charge in [0.1, 0.15) is 5.76 Å². The van der Waals surface area contributed by atoms with Crippen molar-refractivity contribution in [2.24, 2.45) is 0 Å². The SMILES string of the molecule is O=C1C[C@@H](c2ccccc2)N(C(=O)c2noc3c2CCCC3)CCN1. The van der Waals surface area contributed by atoms with Crippen molar-refractivity contribution >= 4 is 11.8 Å². The minimum Gasteiger partial charge on any atom is -0.360 e. The largest absolute Gasteiger partial charge is 0.360 e. The first-order valence-corrected chi connectivity index (χ1v) is 8.84. The molecule has 0 spiro atoms. The second-order valence-corrected chi connectivity index (χ2v) is 6.62. The molecule has 1 saturated heterocycles. The number of amides is 2. The Morgan fingerprint density at radius 2 is 2.00 bits per heavy atom. The Morgan fingerprint density at radius 3 is 2.84 bits per heavy atom. The molecule has 1 aliphatic carbocycles. The molecule has 0 radical (unpaired) electrons. The highest BCUT2D eigenvalue weighted by Gasteiger charge is 2.34. The van der Waals surface area contributed by atoms with E-state index in [1.54, 1.807) is 4.90 Å². The van der Waals surface area contributed by atoms with E-state index in [1.165, 1.54) is 0 Å². The lowest BCUT2D eigenvalue weighted by Crippen LogP contribution is -2.37. The lowest BCUT2D eigenvalue weighted by molar-refractivity contribution is -0.121. The maximum absolute atomic E-state index is 13.2. The number of carbonyl (C=O) groups excluding carboxylic acids is 2. The van der Waals surface area contributed by atoms with Crippen LogP contribution >= 0.6 is 0 Å². The molecule has 6 nitrogen and oxygen atoms in total. The summed E-state index contributed by atoms with van der Waals surface area (Å²) in [5.74, 6) is 0.665. The Morgan fingerprint density at radius 1 is 1.20 bits per heavy atom. The van der Waals surface area contributed by atoms with Crippen LogP contribution in [0, 0.1) is 0 Å². The third kappa shape index (κ3) is 3.04. The van der Waals surface area contributed by atoms with Crippen LogP contribution in [-0.4, -0.2) is 35.0 Å². The van der Waals surface area contributed by atoms with Crippen LogP contribution in [0.15, 0.2) is 34.9 Å². The number of rotatable bonds is 2. The van der Waals surface area contributed by atoms with E-state index in [0.717, 1.165) is 42.6 Å². The molecule has 130 valence electrons. The number of hydrogen-bond acceptors (Lipinski definition) is 4. The van der Waals surface area contributed by atoms with Gasteiger partial charge in [-0.05, 0) is 24.8 Å². The van der Waals surface area contributed by atoms with E-state index in [0.29, 0.717) is 18.8 Å². The molecule has 25 heavy (non-hydrogen) atoms. The van der Waals surface area contributed by atoms with Gasteiger partial charge in [-0.3, -0.25) is 9.59 Å². The minimum atomic E-state index is -0.285. The molecule has 1 N–H and O–H groups in total. The molecule has 2 heterocycles. The Balaban J connectivity index is 1.69. The topological polar surface area (TPSA) is 75.4 Å². The van der Waals surface area contributed by atoms with E-state index in [-0.39, 0.29) is 24.3 Å². The quantitative estimate of drug-likeness (QED) is 0.911. The summed E-state index contributed by atoms with van der Waals surface area (Å²) in [4.78, 5) is 27.1. The van der Waals surface area contributed by atoms with Gasteiger partial charge in [-0.25, -0.2) is 0 Å². The van der Waals surface area contributed by atoms with Crippen LogP contribution in [0.2, 0.25) is 0 Å². The van der Waals surface area contributed by atoms with Gasteiger partial charge >= 0.3 is 0 Å². The molecule has 2 amide bonds. The average molecular weight is 339 g/mol. The smallest absolute Gasteiger partial charge is 0.276 e. The number of fused-ring (bicyclic) bond motifs is 1. The van der Waals surface area contributed by atoms with E-state index < -0.39 is 0 Å². The van der Waals surface area contributed by atoms with Gasteiger partial charge in [-0.1, -0.05) is 35.5 Å². The van der Waals surface area contributed by atoms with Crippen molar-refractivity contribution in [3.8, 4) is 0 Å². The summed E-state index contributed by atoms with van der Waals surface area (Å²) in [7, 11) is 0. The molecule has 6 heteroatoms. The van der Waals surface area contributed by atoms with Crippen LogP contribution in [-0.2, 0) is 17.6 Å². The highest BCUT2D eigenvalue weighted by Crippen LogP contribution is 2.30. The molecule has 0 saturated carbocycles. The van der Waals surface area contributed by atoms with E-state index in [4.69, 9.17) is 4.52 Å². The molecule has 0 unspecified atom stereocenters. The average Bonchev–Trinajstić information content (AvgIpc) is 2.98. The van der Waals surface area contributed by atoms with E-state index in [9.17, 15) is 9.59 Å². The van der Waals surface area contributed by atoms with Crippen LogP contribution in [0.1, 0.15) is 52.7 Å². The zero-order chi connectivity index (χ0) is 17.2. The number of carbonyl (C=O) groups is 2. The van der Waals surface area contributed by atoms with Crippen LogP contribution in [0.25, 0.3) is 0 Å². The molecule has 1 aliphatic heterocycles. The molecule has 2 aliphatic rings. The summed E-state index contributed by atoms with van der Waals surface area (Å²) in [6.07, 6.45) is 4.07. The summed E-state index contributed by atoms with van der Waals surface area (Å²) >= 11 is 0. The van der Waals surface area contributed by atoms with Crippen molar-refractivity contribution in [2.75, 3.05) is 13.1 Å². The Kier molecular flexibility index (Phi) is 4.26. The van der Waals surface area contributed by atoms with Gasteiger partial charge in [0.2, 0.25) is 5.91 Å². The van der Waals surface area contributed by atoms with E-state index in [1.807, 2.05) is 30.3 Å². The van der Waals surface area contributed by atoms with Crippen molar-refractivity contribution < 1.29 is 14.1 Å². The number of hydrogen-bond donors (Lipinski definition) is 1. The van der Waals surface area contributed by atoms with Crippen molar-refractivity contribution in [2.45, 2.75) is 38.1 Å². The fourth-order valence-corrected chi connectivity index (χ4v) is 3.73. The van der Waals surface area contributed by atoms with Crippen LogP contribution in [0.3, 0.4) is 0 Å². The molecule has 0 bridgehead atoms. The summed E-state index contributed by atoms with van der Waals surface area (Å²) in [5.41, 5.74) is 2.34. The normalized spacial score (nSPS) is 20.6. The fourth-order valence-electron chi connectivity index (χ4n) is 3.73. The summed E-state index contributed by atoms with van der Waals surface area (Å²) < 4.78 is 5.41. The first-order valence-electron chi connectivity index (χ1n) is 8.84. The lowest BCUT2D eigenvalue weighted by atomic mass is 9.95. The van der Waals surface area contributed by atoms with Gasteiger partial charge in [0.25, 0.3) is 5.91 Å². The molecule has 1 fully saturated rings. The Hall–Kier alpha value is -2.63. The first kappa shape index (κ1) is 15.9. The number of nitrogens with zero attached hydrogens (tertiary/aromatic N) is 2. The number of aromatic nitrogens is 1. The molecule has 1 aromatic carbocycles. The fraction of sp³-hybridized carbons (Fsp3) is 0.421. The summed E-state index contributed by atoms with van der Waals surface area (Å²) in [5, 5.41) is 6.94. The lowest BCUT2D eigenvalue weighted by Gasteiger charge is -2.29. The van der Waals surface area contributed by atoms with Crippen molar-refractivity contribution in [3.05, 3.63) is 52.9 Å². The maximum atomic E-state index is 13.2. The second kappa shape index (κ2) is 6.70. The van der Waals surface area contributed by atoms with Gasteiger partial charge in [-0.2, -0.15) is 0 Å². The predicted octanol–water partition coefficient (Wildman–Crippen LogP) is 2.26. The van der Waals surface area contributed by atoms with Crippen LogP contribution in [0.4, 0.5) is 0 Å². The number of aryl methyl sites for hydroxylation is 1. The Bertz CT molecular complexity index is 784. The summed E-state index contributed by atoms with van der Waals surface area (Å²) in [6.45, 7) is 0.916. The number of benzene rings is 1. The van der Waals surface area contributed by atoms with Crippen molar-refractivity contribution in [1.82, 2.24) is 15.4 Å². The van der Waals surface area contributed by atoms with Crippen LogP contribution < -0.4 is 5.32 Å². The van der Waals surface area contributed by atoms with Crippen molar-refractivity contribution in [3.63, 3.8) is 0 Å². The molecule has 4 rings (SSSR count). The van der Waals surface area contributed by atoms with Gasteiger partial charge < -0.3 is 14.7 Å². The van der Waals surface area contributed by atoms with Crippen molar-refractivity contribution in [1.29, 1.82) is 0 Å². The summed E-state index contributed by atoms with van der Waals surface area (Å²) in [6, 6.07) is 9.42. The van der Waals surface area contributed by atoms with E-state index >= 15 is 0 Å². The molecule has 1 aromatic heterocycles. The standard InChI is InChI=1S/C19H21N3O3/c23-17-12-15(13-6-2-1-3-7-13)22(11-10-20-17)19(24)18-14-8-4-5-9-16(14)25-21-18/h1-3,6-7,15H,4-5,8-12H2,(H,20,23)/t15-/m0/s1. The second-order valence-electron chi connectivity index (χ2n) is 6.62. The maximum Gasteiger partial charge on any atom is 0.276 e. The van der Waals surface area contributed by atoms with Crippen LogP contribution in [0.5, 0.6) is 0 Å². The zero-order valence-electron chi connectivity index (χ0n) is 14.0. The predicted molar refractivity (Wildman–Crippen MR) is 91.0 cm³/mol. The monoisotopic (exact) mass is 339 g/mol. The highest BCUT2D eigenvalue weighted by atomic mass is 16.5. The zero-order valence-corrected chi connectivity index (χ0v) is 14.0. The number of nitrogens with one attached hydrogen (secondary N) is 1. The third-order valence-corrected chi connectivity index (χ3v) is 5.03. The molecule has 2 aromatic rings. The van der Waals surface area contributed by atoms with Gasteiger partial charge in [-0.15, -0.1) is 0 Å². The molecule has 1 atom stereocenters. The molecular weight excluding hydrogens is 318 g/mol. The van der Waals surface area contributed by atoms with Gasteiger partial charge in [0.05, 0.1) is 12.5 Å². The van der Waals surface area contributed by atoms with Gasteiger partial charge in [0, 0.05) is 25.1 Å². The van der Waals surface area contributed by atoms with Gasteiger partial charge in [0.15, 0.2) is 5.69 Å². The molecular formula is C19H21N3O3. The van der Waals surface area contributed by atoms with E-state index in [2.05, 4.69) is 10.5 Å². The minimum absolute atomic E-state index is 0.0358. The highest BCUT2D eigenvalue weighted by molar-refractivity contribution is 5.95. The third-order valence-electron chi connectivity index (χ3n) is 5.03. The Labute approximate surface area is 146 Å². The first-order chi connectivity index (χ1) is 12.2.